The largest absolute Gasteiger partial charge is 0.492 e. The molecule has 0 bridgehead atoms. The smallest absolute Gasteiger partial charge is 0.224 e. The number of carbonyl (C=O) groups excluding carboxylic acids is 1. The van der Waals surface area contributed by atoms with E-state index in [1.807, 2.05) is 13.0 Å². The summed E-state index contributed by atoms with van der Waals surface area (Å²) in [6.45, 7) is 6.91. The van der Waals surface area contributed by atoms with Gasteiger partial charge in [0.1, 0.15) is 5.75 Å². The zero-order valence-corrected chi connectivity index (χ0v) is 14.5. The summed E-state index contributed by atoms with van der Waals surface area (Å²) in [5, 5.41) is 6.45. The highest BCUT2D eigenvalue weighted by Crippen LogP contribution is 2.28. The highest BCUT2D eigenvalue weighted by Gasteiger charge is 2.15. The summed E-state index contributed by atoms with van der Waals surface area (Å²) in [6.07, 6.45) is 6.12. The van der Waals surface area contributed by atoms with E-state index in [2.05, 4.69) is 29.7 Å². The Balaban J connectivity index is 2.02. The van der Waals surface area contributed by atoms with Crippen LogP contribution in [-0.4, -0.2) is 25.6 Å². The Morgan fingerprint density at radius 2 is 2.26 bits per heavy atom. The first-order chi connectivity index (χ1) is 11.2. The van der Waals surface area contributed by atoms with Crippen LogP contribution in [-0.2, 0) is 11.2 Å². The standard InChI is InChI=1S/C19H30N2O2/c1-3-5-8-19(22)21-17-10-9-15(13-18(17)23-4-2)12-16-7-6-11-20-14-16/h9-10,13,16,20H,3-8,11-12,14H2,1-2H3,(H,21,22). The zero-order valence-electron chi connectivity index (χ0n) is 14.5. The van der Waals surface area contributed by atoms with Gasteiger partial charge in [-0.25, -0.2) is 0 Å². The number of rotatable bonds is 8. The lowest BCUT2D eigenvalue weighted by Gasteiger charge is -2.23. The van der Waals surface area contributed by atoms with Gasteiger partial charge in [0.2, 0.25) is 5.91 Å². The highest BCUT2D eigenvalue weighted by molar-refractivity contribution is 5.92. The van der Waals surface area contributed by atoms with E-state index in [-0.39, 0.29) is 5.91 Å². The Bertz CT molecular complexity index is 496. The first-order valence-electron chi connectivity index (χ1n) is 8.99. The van der Waals surface area contributed by atoms with E-state index in [4.69, 9.17) is 4.74 Å². The lowest BCUT2D eigenvalue weighted by atomic mass is 9.92. The monoisotopic (exact) mass is 318 g/mol. The van der Waals surface area contributed by atoms with Gasteiger partial charge in [0, 0.05) is 6.42 Å². The molecule has 4 heteroatoms. The molecule has 23 heavy (non-hydrogen) atoms. The molecule has 1 atom stereocenters. The first kappa shape index (κ1) is 17.8. The average Bonchev–Trinajstić information content (AvgIpc) is 2.56. The third kappa shape index (κ3) is 5.87. The van der Waals surface area contributed by atoms with Crippen molar-refractivity contribution in [2.75, 3.05) is 25.0 Å². The van der Waals surface area contributed by atoms with Crippen molar-refractivity contribution in [3.05, 3.63) is 23.8 Å². The number of piperidine rings is 1. The summed E-state index contributed by atoms with van der Waals surface area (Å²) in [4.78, 5) is 12.0. The molecule has 1 heterocycles. The average molecular weight is 318 g/mol. The van der Waals surface area contributed by atoms with Crippen LogP contribution in [0.3, 0.4) is 0 Å². The van der Waals surface area contributed by atoms with Gasteiger partial charge in [-0.3, -0.25) is 4.79 Å². The molecule has 1 saturated heterocycles. The maximum absolute atomic E-state index is 12.0. The van der Waals surface area contributed by atoms with E-state index >= 15 is 0 Å². The van der Waals surface area contributed by atoms with Crippen LogP contribution in [0.25, 0.3) is 0 Å². The molecule has 4 nitrogen and oxygen atoms in total. The second-order valence-electron chi connectivity index (χ2n) is 6.33. The Kier molecular flexibility index (Phi) is 7.40. The van der Waals surface area contributed by atoms with Crippen molar-refractivity contribution < 1.29 is 9.53 Å². The lowest BCUT2D eigenvalue weighted by molar-refractivity contribution is -0.116. The number of hydrogen-bond acceptors (Lipinski definition) is 3. The molecule has 1 unspecified atom stereocenters. The maximum Gasteiger partial charge on any atom is 0.224 e. The van der Waals surface area contributed by atoms with Crippen molar-refractivity contribution in [2.45, 2.75) is 52.4 Å². The number of anilines is 1. The fourth-order valence-electron chi connectivity index (χ4n) is 3.05. The van der Waals surface area contributed by atoms with Gasteiger partial charge in [-0.1, -0.05) is 19.4 Å². The molecule has 0 aromatic heterocycles. The van der Waals surface area contributed by atoms with E-state index in [0.717, 1.165) is 43.8 Å². The number of unbranched alkanes of at least 4 members (excludes halogenated alkanes) is 1. The molecule has 1 aliphatic rings. The van der Waals surface area contributed by atoms with Gasteiger partial charge < -0.3 is 15.4 Å². The van der Waals surface area contributed by atoms with Gasteiger partial charge >= 0.3 is 0 Å². The van der Waals surface area contributed by atoms with E-state index in [1.165, 1.54) is 18.4 Å². The molecule has 128 valence electrons. The molecule has 1 aromatic carbocycles. The van der Waals surface area contributed by atoms with E-state index in [1.54, 1.807) is 0 Å². The van der Waals surface area contributed by atoms with E-state index in [0.29, 0.717) is 18.9 Å². The number of hydrogen-bond donors (Lipinski definition) is 2. The van der Waals surface area contributed by atoms with Gasteiger partial charge in [0.15, 0.2) is 0 Å². The van der Waals surface area contributed by atoms with Crippen molar-refractivity contribution in [3.63, 3.8) is 0 Å². The third-order valence-electron chi connectivity index (χ3n) is 4.30. The van der Waals surface area contributed by atoms with Crippen LogP contribution in [0.15, 0.2) is 18.2 Å². The Labute approximate surface area is 140 Å². The molecule has 0 saturated carbocycles. The topological polar surface area (TPSA) is 50.4 Å². The number of amides is 1. The Morgan fingerprint density at radius 3 is 2.96 bits per heavy atom. The van der Waals surface area contributed by atoms with Crippen molar-refractivity contribution >= 4 is 11.6 Å². The second-order valence-corrected chi connectivity index (χ2v) is 6.33. The summed E-state index contributed by atoms with van der Waals surface area (Å²) >= 11 is 0. The van der Waals surface area contributed by atoms with Gasteiger partial charge in [0.05, 0.1) is 12.3 Å². The Morgan fingerprint density at radius 1 is 1.39 bits per heavy atom. The molecule has 1 amide bonds. The minimum Gasteiger partial charge on any atom is -0.492 e. The minimum atomic E-state index is 0.0667. The molecule has 1 aliphatic heterocycles. The summed E-state index contributed by atoms with van der Waals surface area (Å²) in [7, 11) is 0. The molecule has 2 N–H and O–H groups in total. The van der Waals surface area contributed by atoms with Crippen LogP contribution in [0.1, 0.15) is 51.5 Å². The molecular formula is C19H30N2O2. The van der Waals surface area contributed by atoms with Gasteiger partial charge in [-0.15, -0.1) is 0 Å². The third-order valence-corrected chi connectivity index (χ3v) is 4.30. The van der Waals surface area contributed by atoms with Crippen LogP contribution < -0.4 is 15.4 Å². The SMILES string of the molecule is CCCCC(=O)Nc1ccc(CC2CCCNC2)cc1OCC. The maximum atomic E-state index is 12.0. The minimum absolute atomic E-state index is 0.0667. The molecule has 0 spiro atoms. The molecular weight excluding hydrogens is 288 g/mol. The number of nitrogens with one attached hydrogen (secondary N) is 2. The van der Waals surface area contributed by atoms with Gasteiger partial charge in [-0.05, 0) is 69.3 Å². The van der Waals surface area contributed by atoms with Crippen LogP contribution in [0.2, 0.25) is 0 Å². The lowest BCUT2D eigenvalue weighted by Crippen LogP contribution is -2.30. The number of ether oxygens (including phenoxy) is 1. The van der Waals surface area contributed by atoms with Crippen LogP contribution in [0.5, 0.6) is 5.75 Å². The zero-order chi connectivity index (χ0) is 16.5. The van der Waals surface area contributed by atoms with Crippen molar-refractivity contribution in [3.8, 4) is 5.75 Å². The van der Waals surface area contributed by atoms with Gasteiger partial charge in [-0.2, -0.15) is 0 Å². The molecule has 0 aliphatic carbocycles. The van der Waals surface area contributed by atoms with Crippen LogP contribution in [0, 0.1) is 5.92 Å². The summed E-state index contributed by atoms with van der Waals surface area (Å²) in [6, 6.07) is 6.19. The second kappa shape index (κ2) is 9.56. The number of benzene rings is 1. The number of carbonyl (C=O) groups is 1. The fourth-order valence-corrected chi connectivity index (χ4v) is 3.05. The predicted octanol–water partition coefficient (Wildman–Crippen LogP) is 3.76. The van der Waals surface area contributed by atoms with Crippen molar-refractivity contribution in [1.29, 1.82) is 0 Å². The van der Waals surface area contributed by atoms with E-state index < -0.39 is 0 Å². The van der Waals surface area contributed by atoms with Crippen molar-refractivity contribution in [2.24, 2.45) is 5.92 Å². The molecule has 2 rings (SSSR count). The normalized spacial score (nSPS) is 17.7. The highest BCUT2D eigenvalue weighted by atomic mass is 16.5. The first-order valence-corrected chi connectivity index (χ1v) is 8.99. The fraction of sp³-hybridized carbons (Fsp3) is 0.632. The molecule has 1 fully saturated rings. The molecule has 1 aromatic rings. The predicted molar refractivity (Wildman–Crippen MR) is 95.1 cm³/mol. The summed E-state index contributed by atoms with van der Waals surface area (Å²) < 4.78 is 5.74. The van der Waals surface area contributed by atoms with Crippen molar-refractivity contribution in [1.82, 2.24) is 5.32 Å². The summed E-state index contributed by atoms with van der Waals surface area (Å²) in [5.41, 5.74) is 2.08. The van der Waals surface area contributed by atoms with Crippen LogP contribution >= 0.6 is 0 Å². The van der Waals surface area contributed by atoms with Gasteiger partial charge in [0.25, 0.3) is 0 Å². The quantitative estimate of drug-likeness (QED) is 0.767. The van der Waals surface area contributed by atoms with Crippen LogP contribution in [0.4, 0.5) is 5.69 Å². The Hall–Kier alpha value is -1.55. The molecule has 0 radical (unpaired) electrons. The summed E-state index contributed by atoms with van der Waals surface area (Å²) in [5.74, 6) is 1.55. The van der Waals surface area contributed by atoms with E-state index in [9.17, 15) is 4.79 Å².